The zero-order valence-corrected chi connectivity index (χ0v) is 15.9. The fraction of sp³-hybridized carbons (Fsp3) is 0.300. The van der Waals surface area contributed by atoms with Gasteiger partial charge in [0.2, 0.25) is 0 Å². The molecule has 0 aliphatic carbocycles. The molecule has 1 fully saturated rings. The van der Waals surface area contributed by atoms with Gasteiger partial charge in [0.05, 0.1) is 10.6 Å². The normalized spacial score (nSPS) is 14.8. The quantitative estimate of drug-likeness (QED) is 0.829. The molecule has 148 valence electrons. The number of hydrogen-bond acceptors (Lipinski definition) is 3. The van der Waals surface area contributed by atoms with Crippen molar-refractivity contribution in [3.63, 3.8) is 0 Å². The van der Waals surface area contributed by atoms with Crippen molar-refractivity contribution in [2.75, 3.05) is 39.3 Å². The van der Waals surface area contributed by atoms with Crippen LogP contribution in [0.1, 0.15) is 20.7 Å². The first-order chi connectivity index (χ1) is 13.5. The van der Waals surface area contributed by atoms with Crippen LogP contribution in [-0.4, -0.2) is 60.9 Å². The Labute approximate surface area is 166 Å². The topological polar surface area (TPSA) is 52.7 Å². The van der Waals surface area contributed by atoms with Crippen molar-refractivity contribution in [1.29, 1.82) is 0 Å². The molecule has 0 unspecified atom stereocenters. The first-order valence-corrected chi connectivity index (χ1v) is 9.33. The first kappa shape index (κ1) is 20.2. The van der Waals surface area contributed by atoms with E-state index in [4.69, 9.17) is 11.6 Å². The molecule has 2 aromatic rings. The van der Waals surface area contributed by atoms with E-state index in [1.54, 1.807) is 4.90 Å². The third-order valence-corrected chi connectivity index (χ3v) is 4.97. The zero-order valence-electron chi connectivity index (χ0n) is 15.1. The Morgan fingerprint density at radius 2 is 1.68 bits per heavy atom. The maximum absolute atomic E-state index is 13.9. The van der Waals surface area contributed by atoms with E-state index in [-0.39, 0.29) is 22.3 Å². The van der Waals surface area contributed by atoms with Gasteiger partial charge >= 0.3 is 0 Å². The Hall–Kier alpha value is -2.51. The summed E-state index contributed by atoms with van der Waals surface area (Å²) >= 11 is 5.97. The van der Waals surface area contributed by atoms with E-state index in [2.05, 4.69) is 10.2 Å². The number of carbonyl (C=O) groups excluding carboxylic acids is 2. The number of amides is 2. The molecular formula is C20H20ClF2N3O2. The maximum atomic E-state index is 13.9. The van der Waals surface area contributed by atoms with Gasteiger partial charge in [0, 0.05) is 44.8 Å². The summed E-state index contributed by atoms with van der Waals surface area (Å²) in [5.74, 6) is -1.68. The highest BCUT2D eigenvalue weighted by atomic mass is 35.5. The Morgan fingerprint density at radius 1 is 1.00 bits per heavy atom. The molecule has 0 bridgehead atoms. The van der Waals surface area contributed by atoms with Crippen molar-refractivity contribution < 1.29 is 18.4 Å². The minimum atomic E-state index is -0.622. The summed E-state index contributed by atoms with van der Waals surface area (Å²) in [5.41, 5.74) is 0.308. The van der Waals surface area contributed by atoms with Crippen molar-refractivity contribution in [3.05, 3.63) is 70.2 Å². The molecule has 0 atom stereocenters. The SMILES string of the molecule is O=C(NCCN1CCN(C(=O)c2c(F)cccc2Cl)CC1)c1ccc(F)cc1. The summed E-state index contributed by atoms with van der Waals surface area (Å²) in [7, 11) is 0. The van der Waals surface area contributed by atoms with Crippen molar-refractivity contribution in [3.8, 4) is 0 Å². The number of halogens is 3. The predicted octanol–water partition coefficient (Wildman–Crippen LogP) is 2.81. The van der Waals surface area contributed by atoms with E-state index in [1.165, 1.54) is 42.5 Å². The van der Waals surface area contributed by atoms with Gasteiger partial charge in [0.1, 0.15) is 11.6 Å². The van der Waals surface area contributed by atoms with Gasteiger partial charge in [-0.3, -0.25) is 14.5 Å². The number of rotatable bonds is 5. The van der Waals surface area contributed by atoms with E-state index in [1.807, 2.05) is 0 Å². The lowest BCUT2D eigenvalue weighted by Crippen LogP contribution is -2.50. The van der Waals surface area contributed by atoms with Crippen LogP contribution < -0.4 is 5.32 Å². The van der Waals surface area contributed by atoms with E-state index >= 15 is 0 Å². The first-order valence-electron chi connectivity index (χ1n) is 8.95. The van der Waals surface area contributed by atoms with Gasteiger partial charge in [-0.15, -0.1) is 0 Å². The molecule has 1 N–H and O–H groups in total. The van der Waals surface area contributed by atoms with Crippen molar-refractivity contribution >= 4 is 23.4 Å². The fourth-order valence-electron chi connectivity index (χ4n) is 3.07. The fourth-order valence-corrected chi connectivity index (χ4v) is 3.31. The molecule has 2 amide bonds. The summed E-state index contributed by atoms with van der Waals surface area (Å²) in [6.07, 6.45) is 0. The summed E-state index contributed by atoms with van der Waals surface area (Å²) < 4.78 is 26.8. The van der Waals surface area contributed by atoms with Gasteiger partial charge in [-0.2, -0.15) is 0 Å². The molecule has 1 aliphatic rings. The standard InChI is InChI=1S/C20H20ClF2N3O2/c21-16-2-1-3-17(23)18(16)20(28)26-12-10-25(11-13-26)9-8-24-19(27)14-4-6-15(22)7-5-14/h1-7H,8-13H2,(H,24,27). The Kier molecular flexibility index (Phi) is 6.59. The highest BCUT2D eigenvalue weighted by molar-refractivity contribution is 6.33. The van der Waals surface area contributed by atoms with E-state index in [0.717, 1.165) is 0 Å². The molecule has 3 rings (SSSR count). The average Bonchev–Trinajstić information content (AvgIpc) is 2.68. The Morgan fingerprint density at radius 3 is 2.32 bits per heavy atom. The number of hydrogen-bond donors (Lipinski definition) is 1. The highest BCUT2D eigenvalue weighted by Crippen LogP contribution is 2.21. The number of benzene rings is 2. The number of carbonyl (C=O) groups is 2. The van der Waals surface area contributed by atoms with Gasteiger partial charge < -0.3 is 10.2 Å². The van der Waals surface area contributed by atoms with Gasteiger partial charge in [-0.05, 0) is 36.4 Å². The lowest BCUT2D eigenvalue weighted by molar-refractivity contribution is 0.0633. The Balaban J connectivity index is 1.45. The van der Waals surface area contributed by atoms with Crippen LogP contribution in [0.15, 0.2) is 42.5 Å². The van der Waals surface area contributed by atoms with Gasteiger partial charge in [0.25, 0.3) is 11.8 Å². The van der Waals surface area contributed by atoms with Crippen LogP contribution in [0.25, 0.3) is 0 Å². The van der Waals surface area contributed by atoms with Crippen LogP contribution in [0.3, 0.4) is 0 Å². The monoisotopic (exact) mass is 407 g/mol. The molecule has 2 aromatic carbocycles. The number of nitrogens with zero attached hydrogens (tertiary/aromatic N) is 2. The number of nitrogens with one attached hydrogen (secondary N) is 1. The van der Waals surface area contributed by atoms with E-state index < -0.39 is 11.7 Å². The van der Waals surface area contributed by atoms with Crippen molar-refractivity contribution in [2.45, 2.75) is 0 Å². The Bertz CT molecular complexity index is 833. The number of piperazine rings is 1. The summed E-state index contributed by atoms with van der Waals surface area (Å²) in [6, 6.07) is 9.54. The molecular weight excluding hydrogens is 388 g/mol. The maximum Gasteiger partial charge on any atom is 0.258 e. The molecule has 0 radical (unpaired) electrons. The smallest absolute Gasteiger partial charge is 0.258 e. The van der Waals surface area contributed by atoms with Crippen molar-refractivity contribution in [2.24, 2.45) is 0 Å². The van der Waals surface area contributed by atoms with Gasteiger partial charge in [-0.1, -0.05) is 17.7 Å². The summed E-state index contributed by atoms with van der Waals surface area (Å²) in [6.45, 7) is 3.19. The second-order valence-corrected chi connectivity index (χ2v) is 6.90. The van der Waals surface area contributed by atoms with Gasteiger partial charge in [0.15, 0.2) is 0 Å². The second-order valence-electron chi connectivity index (χ2n) is 6.49. The molecule has 5 nitrogen and oxygen atoms in total. The third-order valence-electron chi connectivity index (χ3n) is 4.66. The second kappa shape index (κ2) is 9.12. The lowest BCUT2D eigenvalue weighted by Gasteiger charge is -2.35. The predicted molar refractivity (Wildman–Crippen MR) is 102 cm³/mol. The van der Waals surface area contributed by atoms with E-state index in [9.17, 15) is 18.4 Å². The van der Waals surface area contributed by atoms with Crippen LogP contribution in [0.4, 0.5) is 8.78 Å². The highest BCUT2D eigenvalue weighted by Gasteiger charge is 2.25. The summed E-state index contributed by atoms with van der Waals surface area (Å²) in [4.78, 5) is 28.2. The van der Waals surface area contributed by atoms with Crippen molar-refractivity contribution in [1.82, 2.24) is 15.1 Å². The minimum Gasteiger partial charge on any atom is -0.351 e. The van der Waals surface area contributed by atoms with Crippen LogP contribution >= 0.6 is 11.6 Å². The molecule has 0 saturated carbocycles. The van der Waals surface area contributed by atoms with E-state index in [0.29, 0.717) is 44.8 Å². The van der Waals surface area contributed by atoms with Crippen LogP contribution in [0.5, 0.6) is 0 Å². The molecule has 1 saturated heterocycles. The third kappa shape index (κ3) is 4.85. The molecule has 0 spiro atoms. The average molecular weight is 408 g/mol. The largest absolute Gasteiger partial charge is 0.351 e. The zero-order chi connectivity index (χ0) is 20.1. The van der Waals surface area contributed by atoms with Crippen LogP contribution in [0, 0.1) is 11.6 Å². The molecule has 8 heteroatoms. The van der Waals surface area contributed by atoms with Crippen LogP contribution in [0.2, 0.25) is 5.02 Å². The summed E-state index contributed by atoms with van der Waals surface area (Å²) in [5, 5.41) is 2.90. The molecule has 28 heavy (non-hydrogen) atoms. The molecule has 1 heterocycles. The minimum absolute atomic E-state index is 0.0934. The lowest BCUT2D eigenvalue weighted by atomic mass is 10.1. The molecule has 1 aliphatic heterocycles. The van der Waals surface area contributed by atoms with Crippen LogP contribution in [-0.2, 0) is 0 Å². The molecule has 0 aromatic heterocycles. The van der Waals surface area contributed by atoms with Gasteiger partial charge in [-0.25, -0.2) is 8.78 Å².